The number of carbonyl (C=O) groups excluding carboxylic acids is 1. The molecule has 0 bridgehead atoms. The summed E-state index contributed by atoms with van der Waals surface area (Å²) in [5.41, 5.74) is 0.452. The summed E-state index contributed by atoms with van der Waals surface area (Å²) >= 11 is 0. The number of hydrogen-bond donors (Lipinski definition) is 0. The summed E-state index contributed by atoms with van der Waals surface area (Å²) < 4.78 is 24.7. The largest absolute Gasteiger partial charge is 0.339 e. The van der Waals surface area contributed by atoms with E-state index >= 15 is 0 Å². The van der Waals surface area contributed by atoms with Crippen molar-refractivity contribution in [2.75, 3.05) is 13.1 Å². The zero-order valence-electron chi connectivity index (χ0n) is 11.1. The van der Waals surface area contributed by atoms with Crippen LogP contribution >= 0.6 is 10.7 Å². The van der Waals surface area contributed by atoms with E-state index in [-0.39, 0.29) is 16.8 Å². The summed E-state index contributed by atoms with van der Waals surface area (Å²) in [5.74, 6) is -0.0804. The quantitative estimate of drug-likeness (QED) is 0.804. The first-order chi connectivity index (χ1) is 9.47. The van der Waals surface area contributed by atoms with Crippen molar-refractivity contribution in [3.8, 4) is 0 Å². The zero-order chi connectivity index (χ0) is 14.3. The Morgan fingerprint density at radius 1 is 1.20 bits per heavy atom. The fourth-order valence-electron chi connectivity index (χ4n) is 2.67. The van der Waals surface area contributed by atoms with Gasteiger partial charge in [-0.05, 0) is 38.2 Å². The highest BCUT2D eigenvalue weighted by Gasteiger charge is 2.31. The molecular weight excluding hydrogens is 300 g/mol. The Balaban J connectivity index is 1.94. The maximum atomic E-state index is 12.6. The van der Waals surface area contributed by atoms with E-state index < -0.39 is 9.05 Å². The minimum atomic E-state index is -3.79. The summed E-state index contributed by atoms with van der Waals surface area (Å²) in [6, 6.07) is 1.66. The first kappa shape index (κ1) is 13.9. The van der Waals surface area contributed by atoms with E-state index in [1.54, 1.807) is 4.57 Å². The number of amides is 1. The molecule has 2 fully saturated rings. The van der Waals surface area contributed by atoms with Crippen LogP contribution in [-0.4, -0.2) is 36.9 Å². The number of piperidine rings is 1. The maximum Gasteiger partial charge on any atom is 0.270 e. The summed E-state index contributed by atoms with van der Waals surface area (Å²) in [6.07, 6.45) is 6.63. The Hall–Kier alpha value is -1.01. The Labute approximate surface area is 122 Å². The van der Waals surface area contributed by atoms with Crippen LogP contribution in [0.3, 0.4) is 0 Å². The lowest BCUT2D eigenvalue weighted by molar-refractivity contribution is 0.0713. The van der Waals surface area contributed by atoms with Crippen molar-refractivity contribution in [1.82, 2.24) is 9.47 Å². The predicted molar refractivity (Wildman–Crippen MR) is 75.5 cm³/mol. The molecule has 2 aliphatic rings. The van der Waals surface area contributed by atoms with Gasteiger partial charge in [-0.1, -0.05) is 0 Å². The van der Waals surface area contributed by atoms with Gasteiger partial charge in [0.1, 0.15) is 10.6 Å². The van der Waals surface area contributed by atoms with Gasteiger partial charge in [-0.15, -0.1) is 0 Å². The molecule has 1 saturated heterocycles. The maximum absolute atomic E-state index is 12.6. The van der Waals surface area contributed by atoms with Crippen LogP contribution in [0.1, 0.15) is 48.6 Å². The topological polar surface area (TPSA) is 59.4 Å². The highest BCUT2D eigenvalue weighted by molar-refractivity contribution is 8.13. The Bertz CT molecular complexity index is 628. The molecule has 7 heteroatoms. The van der Waals surface area contributed by atoms with Crippen LogP contribution < -0.4 is 0 Å². The van der Waals surface area contributed by atoms with Crippen LogP contribution in [0.25, 0.3) is 0 Å². The molecule has 0 atom stereocenters. The van der Waals surface area contributed by atoms with Gasteiger partial charge in [0.2, 0.25) is 0 Å². The van der Waals surface area contributed by atoms with Crippen molar-refractivity contribution in [2.24, 2.45) is 0 Å². The molecule has 0 spiro atoms. The molecule has 2 heterocycles. The SMILES string of the molecule is O=C(c1cc(S(=O)(=O)Cl)cn1C1CC1)N1CCCCC1. The number of aromatic nitrogens is 1. The van der Waals surface area contributed by atoms with E-state index in [4.69, 9.17) is 10.7 Å². The number of halogens is 1. The normalized spacial score (nSPS) is 20.1. The lowest BCUT2D eigenvalue weighted by atomic mass is 10.1. The summed E-state index contributed by atoms with van der Waals surface area (Å²) in [6.45, 7) is 1.50. The van der Waals surface area contributed by atoms with Crippen molar-refractivity contribution in [3.05, 3.63) is 18.0 Å². The number of nitrogens with zero attached hydrogens (tertiary/aromatic N) is 2. The monoisotopic (exact) mass is 316 g/mol. The Morgan fingerprint density at radius 2 is 1.85 bits per heavy atom. The Morgan fingerprint density at radius 3 is 2.40 bits per heavy atom. The Kier molecular flexibility index (Phi) is 3.54. The fourth-order valence-corrected chi connectivity index (χ4v) is 3.42. The van der Waals surface area contributed by atoms with E-state index in [1.807, 2.05) is 4.90 Å². The second kappa shape index (κ2) is 5.07. The third-order valence-electron chi connectivity index (χ3n) is 3.91. The number of hydrogen-bond acceptors (Lipinski definition) is 3. The van der Waals surface area contributed by atoms with Crippen LogP contribution in [0.15, 0.2) is 17.2 Å². The first-order valence-corrected chi connectivity index (χ1v) is 9.23. The highest BCUT2D eigenvalue weighted by atomic mass is 35.7. The minimum Gasteiger partial charge on any atom is -0.339 e. The molecule has 0 radical (unpaired) electrons. The van der Waals surface area contributed by atoms with Crippen molar-refractivity contribution < 1.29 is 13.2 Å². The summed E-state index contributed by atoms with van der Waals surface area (Å²) in [4.78, 5) is 14.4. The zero-order valence-corrected chi connectivity index (χ0v) is 12.7. The van der Waals surface area contributed by atoms with Gasteiger partial charge in [0.05, 0.1) is 0 Å². The van der Waals surface area contributed by atoms with E-state index in [0.29, 0.717) is 5.69 Å². The van der Waals surface area contributed by atoms with Gasteiger partial charge in [-0.2, -0.15) is 0 Å². The molecule has 1 aromatic heterocycles. The second-order valence-electron chi connectivity index (χ2n) is 5.49. The van der Waals surface area contributed by atoms with Crippen LogP contribution in [0.5, 0.6) is 0 Å². The van der Waals surface area contributed by atoms with E-state index in [9.17, 15) is 13.2 Å². The molecule has 1 aromatic rings. The minimum absolute atomic E-state index is 0.0198. The second-order valence-corrected chi connectivity index (χ2v) is 8.06. The van der Waals surface area contributed by atoms with Gasteiger partial charge < -0.3 is 9.47 Å². The average molecular weight is 317 g/mol. The van der Waals surface area contributed by atoms with Gasteiger partial charge in [0, 0.05) is 36.0 Å². The fraction of sp³-hybridized carbons (Fsp3) is 0.615. The average Bonchev–Trinajstić information content (AvgIpc) is 3.16. The summed E-state index contributed by atoms with van der Waals surface area (Å²) in [7, 11) is 1.60. The van der Waals surface area contributed by atoms with E-state index in [1.165, 1.54) is 12.3 Å². The standard InChI is InChI=1S/C13H17ClN2O3S/c14-20(18,19)11-8-12(16(9-11)10-4-5-10)13(17)15-6-2-1-3-7-15/h8-10H,1-7H2. The third-order valence-corrected chi connectivity index (χ3v) is 5.23. The van der Waals surface area contributed by atoms with Gasteiger partial charge in [-0.25, -0.2) is 8.42 Å². The van der Waals surface area contributed by atoms with Crippen molar-refractivity contribution >= 4 is 25.6 Å². The van der Waals surface area contributed by atoms with Crippen molar-refractivity contribution in [2.45, 2.75) is 43.0 Å². The number of carbonyl (C=O) groups is 1. The van der Waals surface area contributed by atoms with Gasteiger partial charge >= 0.3 is 0 Å². The van der Waals surface area contributed by atoms with Gasteiger partial charge in [-0.3, -0.25) is 4.79 Å². The predicted octanol–water partition coefficient (Wildman–Crippen LogP) is 2.38. The molecular formula is C13H17ClN2O3S. The molecule has 5 nitrogen and oxygen atoms in total. The molecule has 110 valence electrons. The molecule has 3 rings (SSSR count). The van der Waals surface area contributed by atoms with Crippen LogP contribution in [0, 0.1) is 0 Å². The first-order valence-electron chi connectivity index (χ1n) is 6.92. The van der Waals surface area contributed by atoms with E-state index in [2.05, 4.69) is 0 Å². The molecule has 1 amide bonds. The molecule has 0 unspecified atom stereocenters. The van der Waals surface area contributed by atoms with Crippen molar-refractivity contribution in [3.63, 3.8) is 0 Å². The molecule has 1 aliphatic carbocycles. The van der Waals surface area contributed by atoms with Crippen LogP contribution in [-0.2, 0) is 9.05 Å². The highest BCUT2D eigenvalue weighted by Crippen LogP contribution is 2.38. The van der Waals surface area contributed by atoms with Gasteiger partial charge in [0.15, 0.2) is 0 Å². The molecule has 20 heavy (non-hydrogen) atoms. The molecule has 1 aliphatic heterocycles. The summed E-state index contributed by atoms with van der Waals surface area (Å²) in [5, 5.41) is 0. The smallest absolute Gasteiger partial charge is 0.270 e. The lowest BCUT2D eigenvalue weighted by Gasteiger charge is -2.27. The lowest BCUT2D eigenvalue weighted by Crippen LogP contribution is -2.36. The van der Waals surface area contributed by atoms with Crippen LogP contribution in [0.2, 0.25) is 0 Å². The third kappa shape index (κ3) is 2.72. The molecule has 1 saturated carbocycles. The molecule has 0 N–H and O–H groups in total. The van der Waals surface area contributed by atoms with Crippen molar-refractivity contribution in [1.29, 1.82) is 0 Å². The number of likely N-dealkylation sites (tertiary alicyclic amines) is 1. The number of rotatable bonds is 3. The van der Waals surface area contributed by atoms with E-state index in [0.717, 1.165) is 45.2 Å². The van der Waals surface area contributed by atoms with Crippen LogP contribution in [0.4, 0.5) is 0 Å². The molecule has 0 aromatic carbocycles. The van der Waals surface area contributed by atoms with Gasteiger partial charge in [0.25, 0.3) is 15.0 Å².